The summed E-state index contributed by atoms with van der Waals surface area (Å²) in [6.45, 7) is 3.21. The number of hydrogen-bond acceptors (Lipinski definition) is 7. The highest BCUT2D eigenvalue weighted by Gasteiger charge is 2.49. The highest BCUT2D eigenvalue weighted by molar-refractivity contribution is 5.96. The minimum absolute atomic E-state index is 0.0774. The Morgan fingerprint density at radius 3 is 2.83 bits per heavy atom. The maximum Gasteiger partial charge on any atom is 0.430 e. The molecule has 2 heterocycles. The lowest BCUT2D eigenvalue weighted by Crippen LogP contribution is -2.41. The van der Waals surface area contributed by atoms with Gasteiger partial charge >= 0.3 is 12.1 Å². The zero-order chi connectivity index (χ0) is 21.9. The lowest BCUT2D eigenvalue weighted by molar-refractivity contribution is -0.190. The van der Waals surface area contributed by atoms with Crippen LogP contribution in [0.3, 0.4) is 0 Å². The van der Waals surface area contributed by atoms with E-state index in [-0.39, 0.29) is 18.4 Å². The Balaban J connectivity index is 1.67. The molecule has 1 N–H and O–H groups in total. The van der Waals surface area contributed by atoms with E-state index in [0.717, 1.165) is 24.5 Å². The Morgan fingerprint density at radius 1 is 1.37 bits per heavy atom. The molecule has 1 fully saturated rings. The standard InChI is InChI=1S/C19H22F3N3O5/c1-11-6-12(2)16-13(7-11)8-15(17(30-16)19(20,21)22)18(27)28-10-29-24-23-25-5-3-4-14(25)9-26/h6-8,14,17,26H,3-5,9-10H2,1-2H3/t14-,17-/m0/s1. The Kier molecular flexibility index (Phi) is 6.49. The van der Waals surface area contributed by atoms with Gasteiger partial charge in [0.1, 0.15) is 5.75 Å². The summed E-state index contributed by atoms with van der Waals surface area (Å²) in [5, 5.41) is 17.9. The van der Waals surface area contributed by atoms with Crippen LogP contribution < -0.4 is 4.74 Å². The largest absolute Gasteiger partial charge is 0.475 e. The Labute approximate surface area is 170 Å². The first-order valence-electron chi connectivity index (χ1n) is 9.34. The Hall–Kier alpha value is -2.82. The molecule has 2 aliphatic rings. The third-order valence-electron chi connectivity index (χ3n) is 4.82. The molecule has 30 heavy (non-hydrogen) atoms. The number of nitrogens with zero attached hydrogens (tertiary/aromatic N) is 3. The fraction of sp³-hybridized carbons (Fsp3) is 0.526. The van der Waals surface area contributed by atoms with Crippen LogP contribution in [0.15, 0.2) is 28.2 Å². The summed E-state index contributed by atoms with van der Waals surface area (Å²) in [5.41, 5.74) is 1.04. The molecule has 2 atom stereocenters. The van der Waals surface area contributed by atoms with Crippen molar-refractivity contribution in [2.45, 2.75) is 45.0 Å². The molecule has 164 valence electrons. The highest BCUT2D eigenvalue weighted by atomic mass is 19.4. The molecule has 0 radical (unpaired) electrons. The average molecular weight is 429 g/mol. The number of fused-ring (bicyclic) bond motifs is 1. The molecule has 0 unspecified atom stereocenters. The molecule has 8 nitrogen and oxygen atoms in total. The van der Waals surface area contributed by atoms with Crippen molar-refractivity contribution in [3.63, 3.8) is 0 Å². The number of carbonyl (C=O) groups excluding carboxylic acids is 1. The van der Waals surface area contributed by atoms with Crippen molar-refractivity contribution in [2.75, 3.05) is 19.9 Å². The molecule has 0 aliphatic carbocycles. The predicted octanol–water partition coefficient (Wildman–Crippen LogP) is 3.27. The summed E-state index contributed by atoms with van der Waals surface area (Å²) in [4.78, 5) is 17.0. The van der Waals surface area contributed by atoms with Crippen LogP contribution in [-0.2, 0) is 14.4 Å². The molecule has 1 aromatic carbocycles. The number of halogens is 3. The van der Waals surface area contributed by atoms with Crippen molar-refractivity contribution in [3.05, 3.63) is 34.4 Å². The van der Waals surface area contributed by atoms with E-state index in [0.29, 0.717) is 17.7 Å². The fourth-order valence-electron chi connectivity index (χ4n) is 3.47. The first kappa shape index (κ1) is 21.9. The molecule has 0 bridgehead atoms. The van der Waals surface area contributed by atoms with Gasteiger partial charge in [-0.1, -0.05) is 11.6 Å². The van der Waals surface area contributed by atoms with Crippen molar-refractivity contribution in [1.82, 2.24) is 5.01 Å². The number of aryl methyl sites for hydroxylation is 2. The fourth-order valence-corrected chi connectivity index (χ4v) is 3.47. The van der Waals surface area contributed by atoms with Gasteiger partial charge in [-0.2, -0.15) is 13.2 Å². The van der Waals surface area contributed by atoms with E-state index < -0.39 is 30.6 Å². The third kappa shape index (κ3) is 4.84. The molecule has 1 aromatic rings. The van der Waals surface area contributed by atoms with Crippen LogP contribution in [0.1, 0.15) is 29.5 Å². The van der Waals surface area contributed by atoms with Gasteiger partial charge in [0.05, 0.1) is 18.2 Å². The lowest BCUT2D eigenvalue weighted by Gasteiger charge is -2.29. The molecular formula is C19H22F3N3O5. The number of benzene rings is 1. The van der Waals surface area contributed by atoms with Crippen LogP contribution in [0.4, 0.5) is 13.2 Å². The van der Waals surface area contributed by atoms with Gasteiger partial charge in [0.25, 0.3) is 6.79 Å². The van der Waals surface area contributed by atoms with Gasteiger partial charge in [0, 0.05) is 17.4 Å². The smallest absolute Gasteiger partial charge is 0.430 e. The number of alkyl halides is 3. The van der Waals surface area contributed by atoms with Crippen LogP contribution in [0, 0.1) is 13.8 Å². The molecule has 1 saturated heterocycles. The summed E-state index contributed by atoms with van der Waals surface area (Å²) < 4.78 is 50.3. The number of aliphatic hydroxyl groups excluding tert-OH is 1. The monoisotopic (exact) mass is 429 g/mol. The van der Waals surface area contributed by atoms with Gasteiger partial charge in [-0.25, -0.2) is 4.79 Å². The second kappa shape index (κ2) is 8.90. The first-order valence-corrected chi connectivity index (χ1v) is 9.34. The summed E-state index contributed by atoms with van der Waals surface area (Å²) in [6, 6.07) is 3.16. The highest BCUT2D eigenvalue weighted by Crippen LogP contribution is 2.39. The van der Waals surface area contributed by atoms with Crippen LogP contribution in [0.2, 0.25) is 0 Å². The summed E-state index contributed by atoms with van der Waals surface area (Å²) in [7, 11) is 0. The van der Waals surface area contributed by atoms with E-state index in [4.69, 9.17) is 14.3 Å². The first-order chi connectivity index (χ1) is 14.2. The van der Waals surface area contributed by atoms with Crippen molar-refractivity contribution in [2.24, 2.45) is 10.5 Å². The molecule has 0 aromatic heterocycles. The Bertz CT molecular complexity index is 857. The summed E-state index contributed by atoms with van der Waals surface area (Å²) >= 11 is 0. The van der Waals surface area contributed by atoms with Crippen molar-refractivity contribution < 1.29 is 37.4 Å². The van der Waals surface area contributed by atoms with Crippen LogP contribution in [0.5, 0.6) is 5.75 Å². The van der Waals surface area contributed by atoms with Gasteiger partial charge in [0.2, 0.25) is 6.10 Å². The summed E-state index contributed by atoms with van der Waals surface area (Å²) in [5.74, 6) is -1.15. The SMILES string of the molecule is Cc1cc(C)c2c(c1)C=C(C(=O)OCON=NN1CCC[C@H]1CO)[C@@H](C(F)(F)F)O2. The number of rotatable bonds is 6. The van der Waals surface area contributed by atoms with Gasteiger partial charge in [-0.3, -0.25) is 5.01 Å². The number of aliphatic hydroxyl groups is 1. The second-order valence-corrected chi connectivity index (χ2v) is 7.13. The third-order valence-corrected chi connectivity index (χ3v) is 4.82. The summed E-state index contributed by atoms with van der Waals surface area (Å²) in [6.07, 6.45) is -4.54. The predicted molar refractivity (Wildman–Crippen MR) is 98.1 cm³/mol. The minimum Gasteiger partial charge on any atom is -0.475 e. The topological polar surface area (TPSA) is 93.0 Å². The van der Waals surface area contributed by atoms with E-state index >= 15 is 0 Å². The number of hydrogen-bond donors (Lipinski definition) is 1. The molecular weight excluding hydrogens is 407 g/mol. The quantitative estimate of drug-likeness (QED) is 0.245. The van der Waals surface area contributed by atoms with Crippen molar-refractivity contribution >= 4 is 12.0 Å². The number of esters is 1. The molecule has 0 saturated carbocycles. The van der Waals surface area contributed by atoms with Gasteiger partial charge < -0.3 is 19.4 Å². The van der Waals surface area contributed by atoms with Crippen LogP contribution in [0.25, 0.3) is 6.08 Å². The maximum absolute atomic E-state index is 13.5. The molecule has 11 heteroatoms. The van der Waals surface area contributed by atoms with E-state index in [1.165, 1.54) is 5.01 Å². The van der Waals surface area contributed by atoms with Gasteiger partial charge in [-0.15, -0.1) is 0 Å². The van der Waals surface area contributed by atoms with E-state index in [2.05, 4.69) is 10.5 Å². The normalized spacial score (nSPS) is 21.3. The van der Waals surface area contributed by atoms with Crippen molar-refractivity contribution in [1.29, 1.82) is 0 Å². The zero-order valence-electron chi connectivity index (χ0n) is 16.5. The molecule has 0 amide bonds. The number of carbonyl (C=O) groups is 1. The minimum atomic E-state index is -4.81. The van der Waals surface area contributed by atoms with Crippen LogP contribution >= 0.6 is 0 Å². The molecule has 2 aliphatic heterocycles. The van der Waals surface area contributed by atoms with Crippen molar-refractivity contribution in [3.8, 4) is 5.75 Å². The molecule has 0 spiro atoms. The van der Waals surface area contributed by atoms with E-state index in [1.54, 1.807) is 26.0 Å². The van der Waals surface area contributed by atoms with E-state index in [9.17, 15) is 23.1 Å². The second-order valence-electron chi connectivity index (χ2n) is 7.13. The number of ether oxygens (including phenoxy) is 2. The van der Waals surface area contributed by atoms with Gasteiger partial charge in [-0.05, 0) is 49.6 Å². The lowest BCUT2D eigenvalue weighted by atomic mass is 9.97. The Morgan fingerprint density at radius 2 is 2.13 bits per heavy atom. The van der Waals surface area contributed by atoms with Gasteiger partial charge in [0.15, 0.2) is 0 Å². The maximum atomic E-state index is 13.5. The van der Waals surface area contributed by atoms with Crippen LogP contribution in [-0.4, -0.2) is 54.4 Å². The van der Waals surface area contributed by atoms with E-state index in [1.807, 2.05) is 0 Å². The zero-order valence-corrected chi connectivity index (χ0v) is 16.5. The molecule has 3 rings (SSSR count). The average Bonchev–Trinajstić information content (AvgIpc) is 3.13.